The van der Waals surface area contributed by atoms with E-state index in [2.05, 4.69) is 46.0 Å². The number of hydrogen-bond acceptors (Lipinski definition) is 3. The summed E-state index contributed by atoms with van der Waals surface area (Å²) in [6.45, 7) is 0.730. The Morgan fingerprint density at radius 1 is 1.00 bits per heavy atom. The molecule has 2 aromatic carbocycles. The number of rotatable bonds is 7. The third kappa shape index (κ3) is 4.60. The molecule has 0 fully saturated rings. The third-order valence-electron chi connectivity index (χ3n) is 3.57. The van der Waals surface area contributed by atoms with Crippen LogP contribution in [0.2, 0.25) is 0 Å². The van der Waals surface area contributed by atoms with Crippen LogP contribution in [0.5, 0.6) is 0 Å². The first kappa shape index (κ1) is 16.6. The second-order valence-electron chi connectivity index (χ2n) is 5.41. The maximum Gasteiger partial charge on any atom is 0.168 e. The van der Waals surface area contributed by atoms with Crippen molar-refractivity contribution in [3.8, 4) is 0 Å². The summed E-state index contributed by atoms with van der Waals surface area (Å²) < 4.78 is 2.10. The fraction of sp³-hybridized carbons (Fsp3) is 0.150. The van der Waals surface area contributed by atoms with Gasteiger partial charge in [-0.3, -0.25) is 0 Å². The molecule has 4 heteroatoms. The summed E-state index contributed by atoms with van der Waals surface area (Å²) in [6, 6.07) is 20.5. The van der Waals surface area contributed by atoms with Gasteiger partial charge in [0.2, 0.25) is 0 Å². The minimum Gasteiger partial charge on any atom is -0.390 e. The molecular weight excluding hydrogens is 316 g/mol. The zero-order chi connectivity index (χ0) is 16.6. The molecule has 122 valence electrons. The van der Waals surface area contributed by atoms with Gasteiger partial charge in [-0.25, -0.2) is 4.98 Å². The highest BCUT2D eigenvalue weighted by atomic mass is 32.2. The topological polar surface area (TPSA) is 38.0 Å². The minimum atomic E-state index is -0.0325. The van der Waals surface area contributed by atoms with Crippen LogP contribution >= 0.6 is 11.8 Å². The SMILES string of the molecule is OCc1cn(Cc2ccccc2)c(SC/C=C/c2ccccc2)n1. The molecule has 0 spiro atoms. The molecule has 0 amide bonds. The lowest BCUT2D eigenvalue weighted by atomic mass is 10.2. The van der Waals surface area contributed by atoms with Crippen LogP contribution in [0, 0.1) is 0 Å². The molecule has 0 saturated heterocycles. The van der Waals surface area contributed by atoms with Gasteiger partial charge in [-0.05, 0) is 11.1 Å². The number of imidazole rings is 1. The Balaban J connectivity index is 1.66. The fourth-order valence-corrected chi connectivity index (χ4v) is 3.21. The van der Waals surface area contributed by atoms with E-state index in [1.807, 2.05) is 42.6 Å². The van der Waals surface area contributed by atoms with E-state index in [0.717, 1.165) is 17.5 Å². The van der Waals surface area contributed by atoms with E-state index >= 15 is 0 Å². The highest BCUT2D eigenvalue weighted by Crippen LogP contribution is 2.20. The van der Waals surface area contributed by atoms with Crippen LogP contribution in [0.1, 0.15) is 16.8 Å². The molecule has 1 N–H and O–H groups in total. The molecule has 1 aromatic heterocycles. The molecule has 0 atom stereocenters. The van der Waals surface area contributed by atoms with Crippen LogP contribution < -0.4 is 0 Å². The van der Waals surface area contributed by atoms with Crippen molar-refractivity contribution in [1.29, 1.82) is 0 Å². The normalized spacial score (nSPS) is 11.2. The molecule has 0 saturated carbocycles. The number of hydrogen-bond donors (Lipinski definition) is 1. The summed E-state index contributed by atoms with van der Waals surface area (Å²) in [4.78, 5) is 4.51. The van der Waals surface area contributed by atoms with Crippen LogP contribution in [0.4, 0.5) is 0 Å². The Bertz CT molecular complexity index is 782. The van der Waals surface area contributed by atoms with Gasteiger partial charge >= 0.3 is 0 Å². The number of aliphatic hydroxyl groups excluding tert-OH is 1. The predicted molar refractivity (Wildman–Crippen MR) is 99.9 cm³/mol. The molecule has 24 heavy (non-hydrogen) atoms. The van der Waals surface area contributed by atoms with Gasteiger partial charge in [-0.2, -0.15) is 0 Å². The zero-order valence-corrected chi connectivity index (χ0v) is 14.2. The summed E-state index contributed by atoms with van der Waals surface area (Å²) in [5.74, 6) is 0.839. The quantitative estimate of drug-likeness (QED) is 0.656. The maximum absolute atomic E-state index is 9.36. The summed E-state index contributed by atoms with van der Waals surface area (Å²) in [5.41, 5.74) is 3.13. The summed E-state index contributed by atoms with van der Waals surface area (Å²) in [5, 5.41) is 10.3. The number of nitrogens with zero attached hydrogens (tertiary/aromatic N) is 2. The van der Waals surface area contributed by atoms with Gasteiger partial charge in [0, 0.05) is 18.5 Å². The van der Waals surface area contributed by atoms with Crippen molar-refractivity contribution in [3.05, 3.63) is 89.8 Å². The third-order valence-corrected chi connectivity index (χ3v) is 4.51. The molecule has 3 rings (SSSR count). The van der Waals surface area contributed by atoms with Crippen molar-refractivity contribution >= 4 is 17.8 Å². The van der Waals surface area contributed by atoms with Gasteiger partial charge in [0.1, 0.15) is 0 Å². The van der Waals surface area contributed by atoms with Crippen LogP contribution in [0.3, 0.4) is 0 Å². The second-order valence-corrected chi connectivity index (χ2v) is 6.40. The molecule has 0 bridgehead atoms. The van der Waals surface area contributed by atoms with E-state index in [4.69, 9.17) is 0 Å². The average Bonchev–Trinajstić information content (AvgIpc) is 3.02. The lowest BCUT2D eigenvalue weighted by Gasteiger charge is -2.06. The first-order valence-electron chi connectivity index (χ1n) is 7.90. The zero-order valence-electron chi connectivity index (χ0n) is 13.4. The van der Waals surface area contributed by atoms with Gasteiger partial charge in [0.15, 0.2) is 5.16 Å². The lowest BCUT2D eigenvalue weighted by Crippen LogP contribution is -2.00. The number of thioether (sulfide) groups is 1. The number of benzene rings is 2. The standard InChI is InChI=1S/C20H20N2OS/c23-16-19-15-22(14-18-10-5-2-6-11-18)20(21-19)24-13-7-12-17-8-3-1-4-9-17/h1-12,15,23H,13-14,16H2/b12-7+. The van der Waals surface area contributed by atoms with E-state index in [1.165, 1.54) is 11.1 Å². The molecule has 3 nitrogen and oxygen atoms in total. The number of aromatic nitrogens is 2. The Kier molecular flexibility index (Phi) is 5.88. The first-order valence-corrected chi connectivity index (χ1v) is 8.89. The second kappa shape index (κ2) is 8.52. The molecule has 0 aliphatic heterocycles. The van der Waals surface area contributed by atoms with Crippen LogP contribution in [0.15, 0.2) is 78.1 Å². The van der Waals surface area contributed by atoms with Crippen molar-refractivity contribution in [1.82, 2.24) is 9.55 Å². The van der Waals surface area contributed by atoms with Crippen molar-refractivity contribution in [3.63, 3.8) is 0 Å². The average molecular weight is 336 g/mol. The molecule has 0 unspecified atom stereocenters. The van der Waals surface area contributed by atoms with E-state index in [-0.39, 0.29) is 6.61 Å². The van der Waals surface area contributed by atoms with Gasteiger partial charge in [-0.15, -0.1) is 0 Å². The predicted octanol–water partition coefficient (Wildman–Crippen LogP) is 4.23. The highest BCUT2D eigenvalue weighted by molar-refractivity contribution is 7.99. The van der Waals surface area contributed by atoms with Crippen LogP contribution in [0.25, 0.3) is 6.08 Å². The molecule has 0 aliphatic rings. The number of aliphatic hydroxyl groups is 1. The minimum absolute atomic E-state index is 0.0325. The maximum atomic E-state index is 9.36. The summed E-state index contributed by atoms with van der Waals surface area (Å²) >= 11 is 1.68. The molecule has 1 heterocycles. The Morgan fingerprint density at radius 3 is 2.42 bits per heavy atom. The van der Waals surface area contributed by atoms with Crippen LogP contribution in [-0.4, -0.2) is 20.4 Å². The van der Waals surface area contributed by atoms with Gasteiger partial charge in [0.05, 0.1) is 12.3 Å². The van der Waals surface area contributed by atoms with Gasteiger partial charge in [-0.1, -0.05) is 84.6 Å². The Hall–Kier alpha value is -2.30. The highest BCUT2D eigenvalue weighted by Gasteiger charge is 2.08. The van der Waals surface area contributed by atoms with Crippen LogP contribution in [-0.2, 0) is 13.2 Å². The van der Waals surface area contributed by atoms with E-state index in [9.17, 15) is 5.11 Å². The molecule has 3 aromatic rings. The molecule has 0 radical (unpaired) electrons. The summed E-state index contributed by atoms with van der Waals surface area (Å²) in [7, 11) is 0. The van der Waals surface area contributed by atoms with Crippen molar-refractivity contribution < 1.29 is 5.11 Å². The van der Waals surface area contributed by atoms with Crippen molar-refractivity contribution in [2.45, 2.75) is 18.3 Å². The van der Waals surface area contributed by atoms with E-state index in [1.54, 1.807) is 11.8 Å². The first-order chi connectivity index (χ1) is 11.8. The smallest absolute Gasteiger partial charge is 0.168 e. The van der Waals surface area contributed by atoms with Gasteiger partial charge < -0.3 is 9.67 Å². The largest absolute Gasteiger partial charge is 0.390 e. The van der Waals surface area contributed by atoms with E-state index < -0.39 is 0 Å². The van der Waals surface area contributed by atoms with Gasteiger partial charge in [0.25, 0.3) is 0 Å². The van der Waals surface area contributed by atoms with Crippen molar-refractivity contribution in [2.75, 3.05) is 5.75 Å². The Morgan fingerprint density at radius 2 is 1.71 bits per heavy atom. The monoisotopic (exact) mass is 336 g/mol. The fourth-order valence-electron chi connectivity index (χ4n) is 2.41. The molecule has 0 aliphatic carbocycles. The van der Waals surface area contributed by atoms with Crippen molar-refractivity contribution in [2.24, 2.45) is 0 Å². The van der Waals surface area contributed by atoms with E-state index in [0.29, 0.717) is 5.69 Å². The lowest BCUT2D eigenvalue weighted by molar-refractivity contribution is 0.277. The summed E-state index contributed by atoms with van der Waals surface area (Å²) in [6.07, 6.45) is 6.18. The Labute approximate surface area is 146 Å². The molecular formula is C20H20N2OS.